The first kappa shape index (κ1) is 14.8. The van der Waals surface area contributed by atoms with E-state index in [1.165, 1.54) is 0 Å². The molecule has 108 valence electrons. The second-order valence-corrected chi connectivity index (χ2v) is 11.9. The van der Waals surface area contributed by atoms with Crippen molar-refractivity contribution in [1.82, 2.24) is 0 Å². The number of benzene rings is 1. The number of fused-ring (bicyclic) bond motifs is 1. The van der Waals surface area contributed by atoms with Crippen molar-refractivity contribution in [2.45, 2.75) is 38.9 Å². The molecule has 2 rings (SSSR count). The molecule has 0 amide bonds. The fourth-order valence-electron chi connectivity index (χ4n) is 2.15. The van der Waals surface area contributed by atoms with Gasteiger partial charge in [0, 0.05) is 11.5 Å². The van der Waals surface area contributed by atoms with Crippen molar-refractivity contribution in [1.29, 1.82) is 0 Å². The molecule has 0 atom stereocenters. The van der Waals surface area contributed by atoms with Crippen LogP contribution in [0.2, 0.25) is 18.1 Å². The number of furan rings is 1. The van der Waals surface area contributed by atoms with Gasteiger partial charge in [0.25, 0.3) is 0 Å². The molecule has 0 radical (unpaired) electrons. The molecule has 1 aromatic heterocycles. The van der Waals surface area contributed by atoms with Crippen molar-refractivity contribution in [2.75, 3.05) is 7.11 Å². The summed E-state index contributed by atoms with van der Waals surface area (Å²) in [6.07, 6.45) is 0.925. The zero-order valence-corrected chi connectivity index (χ0v) is 14.0. The van der Waals surface area contributed by atoms with Gasteiger partial charge in [-0.15, -0.1) is 0 Å². The van der Waals surface area contributed by atoms with Crippen LogP contribution in [0.15, 0.2) is 22.6 Å². The molecular formula is C16H22O3Si. The molecule has 0 saturated carbocycles. The van der Waals surface area contributed by atoms with Crippen LogP contribution in [0.5, 0.6) is 5.75 Å². The van der Waals surface area contributed by atoms with Crippen molar-refractivity contribution in [3.63, 3.8) is 0 Å². The van der Waals surface area contributed by atoms with Gasteiger partial charge in [0.05, 0.1) is 18.1 Å². The Morgan fingerprint density at radius 3 is 2.40 bits per heavy atom. The molecule has 0 aliphatic rings. The Labute approximate surface area is 120 Å². The smallest absolute Gasteiger partial charge is 0.153 e. The normalized spacial score (nSPS) is 12.7. The predicted molar refractivity (Wildman–Crippen MR) is 85.0 cm³/mol. The van der Waals surface area contributed by atoms with Crippen molar-refractivity contribution < 1.29 is 13.9 Å². The van der Waals surface area contributed by atoms with E-state index >= 15 is 0 Å². The minimum absolute atomic E-state index is 0.114. The van der Waals surface area contributed by atoms with Crippen LogP contribution >= 0.6 is 0 Å². The van der Waals surface area contributed by atoms with E-state index in [-0.39, 0.29) is 5.04 Å². The first-order valence-electron chi connectivity index (χ1n) is 6.78. The first-order chi connectivity index (χ1) is 9.22. The molecule has 4 heteroatoms. The Balaban J connectivity index is 2.74. The summed E-state index contributed by atoms with van der Waals surface area (Å²) >= 11 is 0. The number of carbonyl (C=O) groups excluding carboxylic acids is 1. The van der Waals surface area contributed by atoms with Gasteiger partial charge in [-0.05, 0) is 17.2 Å². The lowest BCUT2D eigenvalue weighted by molar-refractivity contribution is 0.112. The molecule has 1 aromatic carbocycles. The Bertz CT molecular complexity index is 648. The van der Waals surface area contributed by atoms with E-state index in [1.54, 1.807) is 7.11 Å². The van der Waals surface area contributed by atoms with Gasteiger partial charge in [-0.3, -0.25) is 4.79 Å². The summed E-state index contributed by atoms with van der Waals surface area (Å²) in [6, 6.07) is 5.61. The number of carbonyl (C=O) groups is 1. The van der Waals surface area contributed by atoms with Crippen LogP contribution in [-0.4, -0.2) is 21.5 Å². The third-order valence-electron chi connectivity index (χ3n) is 4.50. The molecule has 0 spiro atoms. The van der Waals surface area contributed by atoms with Crippen LogP contribution in [0.25, 0.3) is 11.0 Å². The maximum Gasteiger partial charge on any atom is 0.153 e. The summed E-state index contributed by atoms with van der Waals surface area (Å²) in [5.74, 6) is 0.741. The van der Waals surface area contributed by atoms with Gasteiger partial charge in [-0.2, -0.15) is 0 Å². The maximum atomic E-state index is 11.6. The summed E-state index contributed by atoms with van der Waals surface area (Å²) in [6.45, 7) is 11.1. The summed E-state index contributed by atoms with van der Waals surface area (Å²) in [4.78, 5) is 11.6. The van der Waals surface area contributed by atoms with Crippen molar-refractivity contribution in [2.24, 2.45) is 0 Å². The minimum atomic E-state index is -1.90. The molecule has 0 aliphatic carbocycles. The zero-order valence-electron chi connectivity index (χ0n) is 13.0. The van der Waals surface area contributed by atoms with E-state index in [0.717, 1.165) is 28.4 Å². The number of aldehydes is 1. The fourth-order valence-corrected chi connectivity index (χ4v) is 4.06. The Hall–Kier alpha value is -1.55. The van der Waals surface area contributed by atoms with E-state index in [1.807, 2.05) is 18.2 Å². The van der Waals surface area contributed by atoms with E-state index in [2.05, 4.69) is 33.9 Å². The highest BCUT2D eigenvalue weighted by Crippen LogP contribution is 2.38. The highest BCUT2D eigenvalue weighted by molar-refractivity contribution is 6.92. The molecule has 1 heterocycles. The molecule has 0 N–H and O–H groups in total. The highest BCUT2D eigenvalue weighted by Gasteiger charge is 2.42. The highest BCUT2D eigenvalue weighted by atomic mass is 28.3. The summed E-state index contributed by atoms with van der Waals surface area (Å²) < 4.78 is 11.3. The lowest BCUT2D eigenvalue weighted by atomic mass is 10.2. The summed E-state index contributed by atoms with van der Waals surface area (Å²) in [5.41, 5.74) is 1.43. The largest absolute Gasteiger partial charge is 0.497 e. The van der Waals surface area contributed by atoms with E-state index in [0.29, 0.717) is 5.56 Å². The van der Waals surface area contributed by atoms with Gasteiger partial charge >= 0.3 is 0 Å². The van der Waals surface area contributed by atoms with E-state index in [4.69, 9.17) is 9.15 Å². The number of rotatable bonds is 3. The fraction of sp³-hybridized carbons (Fsp3) is 0.438. The Morgan fingerprint density at radius 2 is 1.90 bits per heavy atom. The average Bonchev–Trinajstić information content (AvgIpc) is 2.75. The molecule has 0 saturated heterocycles. The standard InChI is InChI=1S/C16H22O3Si/c1-16(2,3)20(5,6)15-13(10-17)12-8-7-11(18-4)9-14(12)19-15/h7-10H,1-6H3. The third-order valence-corrected chi connectivity index (χ3v) is 9.75. The third kappa shape index (κ3) is 2.18. The molecule has 0 unspecified atom stereocenters. The van der Waals surface area contributed by atoms with Crippen LogP contribution in [0.1, 0.15) is 31.1 Å². The average molecular weight is 290 g/mol. The number of ether oxygens (including phenoxy) is 1. The van der Waals surface area contributed by atoms with Gasteiger partial charge in [0.2, 0.25) is 0 Å². The van der Waals surface area contributed by atoms with Crippen molar-refractivity contribution >= 4 is 30.7 Å². The van der Waals surface area contributed by atoms with E-state index < -0.39 is 8.07 Å². The van der Waals surface area contributed by atoms with Crippen LogP contribution in [0.3, 0.4) is 0 Å². The van der Waals surface area contributed by atoms with Crippen molar-refractivity contribution in [3.05, 3.63) is 23.8 Å². The van der Waals surface area contributed by atoms with Gasteiger partial charge in [-0.25, -0.2) is 0 Å². The first-order valence-corrected chi connectivity index (χ1v) is 9.78. The zero-order chi connectivity index (χ0) is 15.1. The SMILES string of the molecule is COc1ccc2c(C=O)c([Si](C)(C)C(C)(C)C)oc2c1. The number of methoxy groups -OCH3 is 1. The van der Waals surface area contributed by atoms with Crippen molar-refractivity contribution in [3.8, 4) is 5.75 Å². The number of hydrogen-bond acceptors (Lipinski definition) is 3. The lowest BCUT2D eigenvalue weighted by Gasteiger charge is -2.35. The Morgan fingerprint density at radius 1 is 1.25 bits per heavy atom. The minimum Gasteiger partial charge on any atom is -0.497 e. The summed E-state index contributed by atoms with van der Waals surface area (Å²) in [5, 5.41) is 1.87. The second kappa shape index (κ2) is 4.77. The number of hydrogen-bond donors (Lipinski definition) is 0. The molecule has 0 fully saturated rings. The van der Waals surface area contributed by atoms with E-state index in [9.17, 15) is 4.79 Å². The molecule has 20 heavy (non-hydrogen) atoms. The molecule has 2 aromatic rings. The summed E-state index contributed by atoms with van der Waals surface area (Å²) in [7, 11) is -0.271. The lowest BCUT2D eigenvalue weighted by Crippen LogP contribution is -2.50. The Kier molecular flexibility index (Phi) is 3.54. The molecular weight excluding hydrogens is 268 g/mol. The quantitative estimate of drug-likeness (QED) is 0.634. The van der Waals surface area contributed by atoms with Crippen LogP contribution in [-0.2, 0) is 0 Å². The maximum absolute atomic E-state index is 11.6. The van der Waals surface area contributed by atoms with Gasteiger partial charge in [0.1, 0.15) is 19.4 Å². The van der Waals surface area contributed by atoms with Gasteiger partial charge in [-0.1, -0.05) is 33.9 Å². The van der Waals surface area contributed by atoms with Crippen LogP contribution in [0, 0.1) is 0 Å². The predicted octanol–water partition coefficient (Wildman–Crippen LogP) is 3.97. The molecule has 0 bridgehead atoms. The van der Waals surface area contributed by atoms with Crippen LogP contribution in [0.4, 0.5) is 0 Å². The molecule has 0 aliphatic heterocycles. The topological polar surface area (TPSA) is 39.4 Å². The molecule has 3 nitrogen and oxygen atoms in total. The monoisotopic (exact) mass is 290 g/mol. The van der Waals surface area contributed by atoms with Crippen LogP contribution < -0.4 is 10.1 Å². The second-order valence-electron chi connectivity index (χ2n) is 6.70. The van der Waals surface area contributed by atoms with Gasteiger partial charge in [0.15, 0.2) is 6.29 Å². The van der Waals surface area contributed by atoms with Gasteiger partial charge < -0.3 is 9.15 Å².